The van der Waals surface area contributed by atoms with E-state index in [0.717, 1.165) is 5.56 Å². The van der Waals surface area contributed by atoms with E-state index in [9.17, 15) is 13.5 Å². The Balaban J connectivity index is 1.49. The van der Waals surface area contributed by atoms with E-state index >= 15 is 0 Å². The first-order valence-electron chi connectivity index (χ1n) is 9.47. The maximum atomic E-state index is 12.4. The van der Waals surface area contributed by atoms with Crippen LogP contribution in [-0.2, 0) is 16.4 Å². The molecule has 0 aliphatic rings. The Kier molecular flexibility index (Phi) is 7.27. The number of hydrogen-bond acceptors (Lipinski definition) is 4. The van der Waals surface area contributed by atoms with E-state index < -0.39 is 16.1 Å². The Morgan fingerprint density at radius 3 is 2.52 bits per heavy atom. The van der Waals surface area contributed by atoms with Crippen LogP contribution < -0.4 is 9.46 Å². The van der Waals surface area contributed by atoms with Crippen molar-refractivity contribution in [3.8, 4) is 5.75 Å². The van der Waals surface area contributed by atoms with E-state index in [1.165, 1.54) is 0 Å². The van der Waals surface area contributed by atoms with Crippen LogP contribution in [0.4, 0.5) is 5.69 Å². The Labute approximate surface area is 172 Å². The molecule has 0 aromatic heterocycles. The lowest BCUT2D eigenvalue weighted by Crippen LogP contribution is -2.14. The van der Waals surface area contributed by atoms with Crippen molar-refractivity contribution in [2.45, 2.75) is 30.3 Å². The number of ether oxygens (including phenoxy) is 1. The first kappa shape index (κ1) is 20.9. The number of benzene rings is 3. The van der Waals surface area contributed by atoms with E-state index in [-0.39, 0.29) is 4.90 Å². The maximum absolute atomic E-state index is 12.4. The molecule has 0 aliphatic carbocycles. The molecule has 6 heteroatoms. The van der Waals surface area contributed by atoms with Crippen LogP contribution in [-0.4, -0.2) is 26.2 Å². The summed E-state index contributed by atoms with van der Waals surface area (Å²) < 4.78 is 33.0. The van der Waals surface area contributed by atoms with Crippen LogP contribution in [0.3, 0.4) is 0 Å². The fourth-order valence-corrected chi connectivity index (χ4v) is 3.92. The maximum Gasteiger partial charge on any atom is 0.261 e. The van der Waals surface area contributed by atoms with Gasteiger partial charge in [0.2, 0.25) is 0 Å². The van der Waals surface area contributed by atoms with Gasteiger partial charge in [-0.25, -0.2) is 8.42 Å². The van der Waals surface area contributed by atoms with Crippen molar-refractivity contribution in [3.05, 3.63) is 90.5 Å². The van der Waals surface area contributed by atoms with Crippen molar-refractivity contribution in [1.29, 1.82) is 0 Å². The van der Waals surface area contributed by atoms with Gasteiger partial charge in [0.25, 0.3) is 10.0 Å². The summed E-state index contributed by atoms with van der Waals surface area (Å²) in [5, 5.41) is 10.2. The third-order valence-corrected chi connectivity index (χ3v) is 5.79. The van der Waals surface area contributed by atoms with Gasteiger partial charge in [-0.3, -0.25) is 4.72 Å². The topological polar surface area (TPSA) is 75.6 Å². The smallest absolute Gasteiger partial charge is 0.261 e. The fraction of sp³-hybridized carbons (Fsp3) is 0.217. The second-order valence-electron chi connectivity index (χ2n) is 6.68. The minimum Gasteiger partial charge on any atom is -0.493 e. The van der Waals surface area contributed by atoms with Crippen molar-refractivity contribution >= 4 is 15.7 Å². The summed E-state index contributed by atoms with van der Waals surface area (Å²) in [5.74, 6) is 0.665. The number of para-hydroxylation sites is 1. The number of aryl methyl sites for hydroxylation is 1. The predicted octanol–water partition coefficient (Wildman–Crippen LogP) is 4.05. The van der Waals surface area contributed by atoms with Gasteiger partial charge in [-0.15, -0.1) is 0 Å². The molecule has 0 fully saturated rings. The quantitative estimate of drug-likeness (QED) is 0.529. The molecule has 29 heavy (non-hydrogen) atoms. The zero-order valence-electron chi connectivity index (χ0n) is 16.0. The standard InChI is InChI=1S/C23H24NO4S/c25-21(16-17-28-22-10-3-1-4-11-22)15-14-19-8-7-9-20(18-19)24-29(26,27)23-12-5-2-6-13-23/h1-10,12-13,18,21,24-25H,14-17H2/t21-/m1/s1. The van der Waals surface area contributed by atoms with Gasteiger partial charge in [0, 0.05) is 18.2 Å². The molecule has 0 spiro atoms. The SMILES string of the molecule is O=S(=O)(Nc1cccc(CC[C@@H](O)CCOc2[c]cccc2)c1)c1ccccc1. The molecule has 0 amide bonds. The third kappa shape index (κ3) is 6.62. The highest BCUT2D eigenvalue weighted by molar-refractivity contribution is 7.92. The number of aliphatic hydroxyl groups excluding tert-OH is 1. The Morgan fingerprint density at radius 2 is 1.76 bits per heavy atom. The van der Waals surface area contributed by atoms with Crippen LogP contribution in [0.5, 0.6) is 5.75 Å². The van der Waals surface area contributed by atoms with E-state index in [2.05, 4.69) is 10.8 Å². The normalized spacial score (nSPS) is 12.3. The Morgan fingerprint density at radius 1 is 0.966 bits per heavy atom. The minimum absolute atomic E-state index is 0.219. The van der Waals surface area contributed by atoms with Crippen LogP contribution in [0, 0.1) is 6.07 Å². The van der Waals surface area contributed by atoms with Crippen molar-refractivity contribution in [2.24, 2.45) is 0 Å². The van der Waals surface area contributed by atoms with Gasteiger partial charge < -0.3 is 9.84 Å². The van der Waals surface area contributed by atoms with Crippen molar-refractivity contribution in [3.63, 3.8) is 0 Å². The molecule has 3 aromatic carbocycles. The summed E-state index contributed by atoms with van der Waals surface area (Å²) in [6.07, 6.45) is 1.22. The van der Waals surface area contributed by atoms with Crippen LogP contribution in [0.1, 0.15) is 18.4 Å². The average molecular weight is 411 g/mol. The lowest BCUT2D eigenvalue weighted by Gasteiger charge is -2.13. The van der Waals surface area contributed by atoms with E-state index in [4.69, 9.17) is 4.74 Å². The molecule has 1 radical (unpaired) electrons. The summed E-state index contributed by atoms with van der Waals surface area (Å²) in [7, 11) is -3.62. The Bertz CT molecular complexity index is 992. The molecule has 0 aliphatic heterocycles. The molecule has 0 saturated heterocycles. The summed E-state index contributed by atoms with van der Waals surface area (Å²) in [6.45, 7) is 0.415. The van der Waals surface area contributed by atoms with Gasteiger partial charge in [0.15, 0.2) is 0 Å². The molecule has 2 N–H and O–H groups in total. The Hall–Kier alpha value is -2.83. The lowest BCUT2D eigenvalue weighted by atomic mass is 10.0. The number of hydrogen-bond donors (Lipinski definition) is 2. The molecule has 3 rings (SSSR count). The molecule has 3 aromatic rings. The summed E-state index contributed by atoms with van der Waals surface area (Å²) in [5.41, 5.74) is 1.46. The van der Waals surface area contributed by atoms with Crippen LogP contribution in [0.2, 0.25) is 0 Å². The van der Waals surface area contributed by atoms with Crippen LogP contribution >= 0.6 is 0 Å². The highest BCUT2D eigenvalue weighted by Crippen LogP contribution is 2.18. The van der Waals surface area contributed by atoms with Crippen molar-refractivity contribution in [2.75, 3.05) is 11.3 Å². The second-order valence-corrected chi connectivity index (χ2v) is 8.36. The minimum atomic E-state index is -3.62. The average Bonchev–Trinajstić information content (AvgIpc) is 2.74. The van der Waals surface area contributed by atoms with E-state index in [0.29, 0.717) is 37.3 Å². The van der Waals surface area contributed by atoms with Crippen molar-refractivity contribution in [1.82, 2.24) is 0 Å². The molecule has 5 nitrogen and oxygen atoms in total. The molecule has 0 bridgehead atoms. The number of rotatable bonds is 10. The van der Waals surface area contributed by atoms with Gasteiger partial charge >= 0.3 is 0 Å². The van der Waals surface area contributed by atoms with Gasteiger partial charge in [-0.2, -0.15) is 0 Å². The number of aliphatic hydroxyl groups is 1. The van der Waals surface area contributed by atoms with Gasteiger partial charge in [-0.1, -0.05) is 48.5 Å². The molecular formula is C23H24NO4S. The number of sulfonamides is 1. The van der Waals surface area contributed by atoms with E-state index in [1.54, 1.807) is 54.6 Å². The summed E-state index contributed by atoms with van der Waals surface area (Å²) in [6, 6.07) is 25.8. The lowest BCUT2D eigenvalue weighted by molar-refractivity contribution is 0.131. The zero-order chi connectivity index (χ0) is 20.5. The summed E-state index contributed by atoms with van der Waals surface area (Å²) in [4.78, 5) is 0.219. The highest BCUT2D eigenvalue weighted by atomic mass is 32.2. The first-order chi connectivity index (χ1) is 14.0. The highest BCUT2D eigenvalue weighted by Gasteiger charge is 2.13. The first-order valence-corrected chi connectivity index (χ1v) is 11.0. The van der Waals surface area contributed by atoms with Crippen LogP contribution in [0.15, 0.2) is 83.8 Å². The van der Waals surface area contributed by atoms with E-state index in [1.807, 2.05) is 24.3 Å². The van der Waals surface area contributed by atoms with Gasteiger partial charge in [-0.05, 0) is 48.7 Å². The third-order valence-electron chi connectivity index (χ3n) is 4.39. The monoisotopic (exact) mass is 410 g/mol. The molecule has 0 unspecified atom stereocenters. The number of nitrogens with one attached hydrogen (secondary N) is 1. The summed E-state index contributed by atoms with van der Waals surface area (Å²) >= 11 is 0. The molecular weight excluding hydrogens is 386 g/mol. The number of anilines is 1. The molecule has 0 heterocycles. The molecule has 0 saturated carbocycles. The molecule has 151 valence electrons. The van der Waals surface area contributed by atoms with Crippen LogP contribution in [0.25, 0.3) is 0 Å². The fourth-order valence-electron chi connectivity index (χ4n) is 2.85. The zero-order valence-corrected chi connectivity index (χ0v) is 16.8. The van der Waals surface area contributed by atoms with Gasteiger partial charge in [0.05, 0.1) is 17.6 Å². The predicted molar refractivity (Wildman–Crippen MR) is 113 cm³/mol. The second kappa shape index (κ2) is 10.1. The van der Waals surface area contributed by atoms with Gasteiger partial charge in [0.1, 0.15) is 5.75 Å². The molecule has 1 atom stereocenters. The largest absolute Gasteiger partial charge is 0.493 e. The van der Waals surface area contributed by atoms with Crippen molar-refractivity contribution < 1.29 is 18.3 Å².